The van der Waals surface area contributed by atoms with E-state index in [0.29, 0.717) is 12.1 Å². The van der Waals surface area contributed by atoms with Crippen LogP contribution in [-0.2, 0) is 9.53 Å². The number of carbonyl (C=O) groups is 2. The van der Waals surface area contributed by atoms with Crippen LogP contribution in [0, 0.1) is 0 Å². The van der Waals surface area contributed by atoms with E-state index in [9.17, 15) is 9.59 Å². The standard InChI is InChI=1S/C10H12N2O3/c1-2-15-10(14)11-12(8-13)9-6-4-3-5-7-9/h3-8H,2H2,1H3,(H,11,14). The summed E-state index contributed by atoms with van der Waals surface area (Å²) in [5.41, 5.74) is 2.86. The Balaban J connectivity index is 2.65. The topological polar surface area (TPSA) is 58.6 Å². The van der Waals surface area contributed by atoms with Crippen LogP contribution >= 0.6 is 0 Å². The Morgan fingerprint density at radius 3 is 2.67 bits per heavy atom. The van der Waals surface area contributed by atoms with Crippen molar-refractivity contribution in [1.29, 1.82) is 0 Å². The molecule has 1 rings (SSSR count). The Kier molecular flexibility index (Phi) is 4.15. The van der Waals surface area contributed by atoms with Gasteiger partial charge >= 0.3 is 6.09 Å². The highest BCUT2D eigenvalue weighted by molar-refractivity contribution is 5.81. The van der Waals surface area contributed by atoms with Crippen molar-refractivity contribution in [3.63, 3.8) is 0 Å². The van der Waals surface area contributed by atoms with E-state index in [1.54, 1.807) is 31.2 Å². The van der Waals surface area contributed by atoms with Crippen molar-refractivity contribution in [2.75, 3.05) is 11.6 Å². The quantitative estimate of drug-likeness (QED) is 0.599. The van der Waals surface area contributed by atoms with Gasteiger partial charge in [0.05, 0.1) is 12.3 Å². The molecule has 0 radical (unpaired) electrons. The highest BCUT2D eigenvalue weighted by Crippen LogP contribution is 2.08. The van der Waals surface area contributed by atoms with Gasteiger partial charge in [-0.3, -0.25) is 4.79 Å². The summed E-state index contributed by atoms with van der Waals surface area (Å²) >= 11 is 0. The Morgan fingerprint density at radius 2 is 2.13 bits per heavy atom. The number of amides is 2. The van der Waals surface area contributed by atoms with Gasteiger partial charge in [0.25, 0.3) is 0 Å². The second kappa shape index (κ2) is 5.64. The summed E-state index contributed by atoms with van der Waals surface area (Å²) in [7, 11) is 0. The van der Waals surface area contributed by atoms with Crippen molar-refractivity contribution in [3.05, 3.63) is 30.3 Å². The Labute approximate surface area is 87.6 Å². The van der Waals surface area contributed by atoms with Crippen LogP contribution in [0.4, 0.5) is 10.5 Å². The first-order valence-electron chi connectivity index (χ1n) is 4.51. The highest BCUT2D eigenvalue weighted by atomic mass is 16.6. The molecular formula is C10H12N2O3. The van der Waals surface area contributed by atoms with Gasteiger partial charge in [0.2, 0.25) is 6.41 Å². The second-order valence-electron chi connectivity index (χ2n) is 2.64. The highest BCUT2D eigenvalue weighted by Gasteiger charge is 2.08. The first kappa shape index (κ1) is 11.0. The third-order valence-corrected chi connectivity index (χ3v) is 1.63. The molecule has 0 fully saturated rings. The van der Waals surface area contributed by atoms with E-state index < -0.39 is 6.09 Å². The summed E-state index contributed by atoms with van der Waals surface area (Å²) in [6, 6.07) is 8.73. The summed E-state index contributed by atoms with van der Waals surface area (Å²) in [4.78, 5) is 21.8. The molecule has 0 bridgehead atoms. The molecule has 5 heteroatoms. The van der Waals surface area contributed by atoms with Gasteiger partial charge in [0.1, 0.15) is 0 Å². The monoisotopic (exact) mass is 208 g/mol. The summed E-state index contributed by atoms with van der Waals surface area (Å²) in [5, 5.41) is 1.05. The molecule has 1 N–H and O–H groups in total. The van der Waals surface area contributed by atoms with Crippen LogP contribution in [0.5, 0.6) is 0 Å². The smallest absolute Gasteiger partial charge is 0.426 e. The first-order valence-corrected chi connectivity index (χ1v) is 4.51. The van der Waals surface area contributed by atoms with Gasteiger partial charge in [-0.15, -0.1) is 0 Å². The van der Waals surface area contributed by atoms with Crippen LogP contribution in [0.1, 0.15) is 6.92 Å². The van der Waals surface area contributed by atoms with Crippen LogP contribution in [-0.4, -0.2) is 19.1 Å². The largest absolute Gasteiger partial charge is 0.449 e. The average Bonchev–Trinajstić information content (AvgIpc) is 2.27. The molecule has 0 unspecified atom stereocenters. The molecule has 0 aliphatic heterocycles. The molecule has 0 aliphatic carbocycles. The van der Waals surface area contributed by atoms with Gasteiger partial charge in [-0.2, -0.15) is 0 Å². The number of nitrogens with one attached hydrogen (secondary N) is 1. The number of rotatable bonds is 4. The Hall–Kier alpha value is -2.04. The van der Waals surface area contributed by atoms with Gasteiger partial charge in [0, 0.05) is 0 Å². The number of carbonyl (C=O) groups excluding carboxylic acids is 2. The lowest BCUT2D eigenvalue weighted by Crippen LogP contribution is -2.41. The summed E-state index contributed by atoms with van der Waals surface area (Å²) in [6.45, 7) is 1.95. The normalized spacial score (nSPS) is 9.13. The zero-order valence-electron chi connectivity index (χ0n) is 8.34. The van der Waals surface area contributed by atoms with Gasteiger partial charge in [-0.25, -0.2) is 15.2 Å². The lowest BCUT2D eigenvalue weighted by Gasteiger charge is -2.17. The lowest BCUT2D eigenvalue weighted by molar-refractivity contribution is -0.108. The predicted octanol–water partition coefficient (Wildman–Crippen LogP) is 1.31. The van der Waals surface area contributed by atoms with Crippen LogP contribution in [0.25, 0.3) is 0 Å². The Bertz CT molecular complexity index is 327. The number of anilines is 1. The zero-order chi connectivity index (χ0) is 11.1. The van der Waals surface area contributed by atoms with E-state index in [1.807, 2.05) is 6.07 Å². The van der Waals surface area contributed by atoms with E-state index in [0.717, 1.165) is 5.01 Å². The maximum atomic E-state index is 11.1. The van der Waals surface area contributed by atoms with Crippen LogP contribution < -0.4 is 10.4 Å². The number of hydrogen-bond donors (Lipinski definition) is 1. The van der Waals surface area contributed by atoms with Crippen molar-refractivity contribution in [1.82, 2.24) is 5.43 Å². The Morgan fingerprint density at radius 1 is 1.47 bits per heavy atom. The van der Waals surface area contributed by atoms with E-state index in [-0.39, 0.29) is 6.61 Å². The van der Waals surface area contributed by atoms with Crippen molar-refractivity contribution >= 4 is 18.2 Å². The van der Waals surface area contributed by atoms with E-state index in [1.165, 1.54) is 0 Å². The fourth-order valence-electron chi connectivity index (χ4n) is 1.00. The maximum absolute atomic E-state index is 11.1. The van der Waals surface area contributed by atoms with E-state index in [4.69, 9.17) is 0 Å². The molecule has 80 valence electrons. The molecule has 0 saturated heterocycles. The summed E-state index contributed by atoms with van der Waals surface area (Å²) in [5.74, 6) is 0. The minimum Gasteiger partial charge on any atom is -0.449 e. The SMILES string of the molecule is CCOC(=O)NN(C=O)c1ccccc1. The molecule has 0 saturated carbocycles. The third-order valence-electron chi connectivity index (χ3n) is 1.63. The third kappa shape index (κ3) is 3.30. The van der Waals surface area contributed by atoms with Crippen molar-refractivity contribution < 1.29 is 14.3 Å². The molecule has 0 heterocycles. The first-order chi connectivity index (χ1) is 7.27. The maximum Gasteiger partial charge on any atom is 0.426 e. The van der Waals surface area contributed by atoms with Gasteiger partial charge in [0.15, 0.2) is 0 Å². The van der Waals surface area contributed by atoms with Gasteiger partial charge in [-0.05, 0) is 19.1 Å². The molecule has 15 heavy (non-hydrogen) atoms. The lowest BCUT2D eigenvalue weighted by atomic mass is 10.3. The number of nitrogens with zero attached hydrogens (tertiary/aromatic N) is 1. The number of hydrazine groups is 1. The minimum absolute atomic E-state index is 0.257. The van der Waals surface area contributed by atoms with Crippen LogP contribution in [0.2, 0.25) is 0 Å². The second-order valence-corrected chi connectivity index (χ2v) is 2.64. The van der Waals surface area contributed by atoms with E-state index in [2.05, 4.69) is 10.2 Å². The van der Waals surface area contributed by atoms with Gasteiger partial charge in [-0.1, -0.05) is 18.2 Å². The molecular weight excluding hydrogens is 196 g/mol. The molecule has 1 aromatic rings. The average molecular weight is 208 g/mol. The van der Waals surface area contributed by atoms with Crippen molar-refractivity contribution in [3.8, 4) is 0 Å². The minimum atomic E-state index is -0.659. The summed E-state index contributed by atoms with van der Waals surface area (Å²) < 4.78 is 4.65. The van der Waals surface area contributed by atoms with Crippen LogP contribution in [0.15, 0.2) is 30.3 Å². The molecule has 0 spiro atoms. The zero-order valence-corrected chi connectivity index (χ0v) is 8.34. The fraction of sp³-hybridized carbons (Fsp3) is 0.200. The van der Waals surface area contributed by atoms with Crippen molar-refractivity contribution in [2.24, 2.45) is 0 Å². The van der Waals surface area contributed by atoms with Crippen LogP contribution in [0.3, 0.4) is 0 Å². The number of hydrogen-bond acceptors (Lipinski definition) is 3. The fourth-order valence-corrected chi connectivity index (χ4v) is 1.00. The number of para-hydroxylation sites is 1. The molecule has 0 aromatic heterocycles. The molecule has 2 amide bonds. The summed E-state index contributed by atoms with van der Waals surface area (Å²) in [6.07, 6.45) is -0.153. The molecule has 5 nitrogen and oxygen atoms in total. The van der Waals surface area contributed by atoms with Gasteiger partial charge < -0.3 is 4.74 Å². The van der Waals surface area contributed by atoms with E-state index >= 15 is 0 Å². The van der Waals surface area contributed by atoms with Crippen molar-refractivity contribution in [2.45, 2.75) is 6.92 Å². The number of benzene rings is 1. The number of ether oxygens (including phenoxy) is 1. The molecule has 0 atom stereocenters. The predicted molar refractivity (Wildman–Crippen MR) is 55.1 cm³/mol. The molecule has 0 aliphatic rings. The molecule has 1 aromatic carbocycles.